The third-order valence-electron chi connectivity index (χ3n) is 2.90. The number of carboxylic acid groups (broad SMARTS) is 1. The van der Waals surface area contributed by atoms with E-state index < -0.39 is 5.97 Å². The van der Waals surface area contributed by atoms with Crippen LogP contribution in [0, 0.1) is 20.8 Å². The third-order valence-corrected chi connectivity index (χ3v) is 2.90. The zero-order chi connectivity index (χ0) is 12.6. The predicted molar refractivity (Wildman–Crippen MR) is 66.9 cm³/mol. The minimum atomic E-state index is -0.896. The average molecular weight is 229 g/mol. The fourth-order valence-electron chi connectivity index (χ4n) is 2.06. The van der Waals surface area contributed by atoms with E-state index in [9.17, 15) is 9.90 Å². The van der Waals surface area contributed by atoms with Crippen LogP contribution in [0.5, 0.6) is 0 Å². The first-order chi connectivity index (χ1) is 8.00. The first kappa shape index (κ1) is 11.5. The van der Waals surface area contributed by atoms with Gasteiger partial charge in [0, 0.05) is 11.4 Å². The molecule has 3 heteroatoms. The van der Waals surface area contributed by atoms with Gasteiger partial charge in [-0.3, -0.25) is 0 Å². The molecule has 0 aliphatic carbocycles. The zero-order valence-corrected chi connectivity index (χ0v) is 10.2. The smallest absolute Gasteiger partial charge is 0.337 e. The quantitative estimate of drug-likeness (QED) is 0.859. The molecule has 0 bridgehead atoms. The highest BCUT2D eigenvalue weighted by Crippen LogP contribution is 2.21. The van der Waals surface area contributed by atoms with Crippen LogP contribution in [0.1, 0.15) is 27.3 Å². The monoisotopic (exact) mass is 229 g/mol. The summed E-state index contributed by atoms with van der Waals surface area (Å²) in [5, 5.41) is 9.22. The fraction of sp³-hybridized carbons (Fsp3) is 0.214. The molecule has 0 unspecified atom stereocenters. The van der Waals surface area contributed by atoms with Crippen LogP contribution in [-0.2, 0) is 0 Å². The van der Waals surface area contributed by atoms with Gasteiger partial charge in [0.1, 0.15) is 0 Å². The molecule has 1 N–H and O–H groups in total. The molecule has 1 heterocycles. The summed E-state index contributed by atoms with van der Waals surface area (Å²) in [5.74, 6) is -0.896. The first-order valence-corrected chi connectivity index (χ1v) is 5.50. The van der Waals surface area contributed by atoms with Gasteiger partial charge < -0.3 is 9.67 Å². The minimum Gasteiger partial charge on any atom is -0.478 e. The Kier molecular flexibility index (Phi) is 2.76. The average Bonchev–Trinajstić information content (AvgIpc) is 2.58. The molecule has 0 atom stereocenters. The summed E-state index contributed by atoms with van der Waals surface area (Å²) in [6, 6.07) is 9.36. The number of aryl methyl sites for hydroxylation is 3. The van der Waals surface area contributed by atoms with E-state index >= 15 is 0 Å². The predicted octanol–water partition coefficient (Wildman–Crippen LogP) is 3.10. The van der Waals surface area contributed by atoms with Gasteiger partial charge in [-0.05, 0) is 50.6 Å². The molecule has 3 nitrogen and oxygen atoms in total. The van der Waals surface area contributed by atoms with Gasteiger partial charge in [-0.2, -0.15) is 0 Å². The molecule has 0 saturated heterocycles. The Labute approximate surface area is 100 Å². The third kappa shape index (κ3) is 1.96. The van der Waals surface area contributed by atoms with Gasteiger partial charge in [0.2, 0.25) is 0 Å². The lowest BCUT2D eigenvalue weighted by Gasteiger charge is -2.13. The number of carbonyl (C=O) groups is 1. The lowest BCUT2D eigenvalue weighted by atomic mass is 10.1. The summed E-state index contributed by atoms with van der Waals surface area (Å²) >= 11 is 0. The van der Waals surface area contributed by atoms with Gasteiger partial charge in [-0.1, -0.05) is 6.07 Å². The number of benzene rings is 1. The highest BCUT2D eigenvalue weighted by molar-refractivity contribution is 5.92. The second kappa shape index (κ2) is 4.09. The number of aromatic nitrogens is 1. The van der Waals surface area contributed by atoms with Gasteiger partial charge in [-0.15, -0.1) is 0 Å². The maximum atomic E-state index is 11.2. The van der Waals surface area contributed by atoms with Crippen LogP contribution in [0.25, 0.3) is 5.69 Å². The molecule has 2 aromatic rings. The number of nitrogens with zero attached hydrogens (tertiary/aromatic N) is 1. The summed E-state index contributed by atoms with van der Waals surface area (Å²) in [6.45, 7) is 5.91. The molecule has 0 fully saturated rings. The number of hydrogen-bond acceptors (Lipinski definition) is 1. The maximum absolute atomic E-state index is 11.2. The van der Waals surface area contributed by atoms with Crippen LogP contribution in [0.2, 0.25) is 0 Å². The van der Waals surface area contributed by atoms with Crippen molar-refractivity contribution in [2.24, 2.45) is 0 Å². The van der Waals surface area contributed by atoms with E-state index in [1.807, 2.05) is 49.6 Å². The molecule has 88 valence electrons. The summed E-state index contributed by atoms with van der Waals surface area (Å²) in [6.07, 6.45) is 0. The molecule has 0 radical (unpaired) electrons. The van der Waals surface area contributed by atoms with E-state index in [1.54, 1.807) is 6.07 Å². The molecule has 17 heavy (non-hydrogen) atoms. The molecule has 2 rings (SSSR count). The van der Waals surface area contributed by atoms with Gasteiger partial charge >= 0.3 is 5.97 Å². The van der Waals surface area contributed by atoms with Crippen molar-refractivity contribution in [1.29, 1.82) is 0 Å². The van der Waals surface area contributed by atoms with E-state index in [1.165, 1.54) is 0 Å². The van der Waals surface area contributed by atoms with Crippen molar-refractivity contribution in [2.45, 2.75) is 20.8 Å². The first-order valence-electron chi connectivity index (χ1n) is 5.50. The number of rotatable bonds is 2. The molecule has 0 saturated carbocycles. The molecule has 1 aromatic heterocycles. The number of carboxylic acids is 1. The van der Waals surface area contributed by atoms with Crippen molar-refractivity contribution in [3.05, 3.63) is 52.8 Å². The van der Waals surface area contributed by atoms with Crippen LogP contribution < -0.4 is 0 Å². The van der Waals surface area contributed by atoms with Crippen molar-refractivity contribution in [1.82, 2.24) is 4.57 Å². The van der Waals surface area contributed by atoms with Gasteiger partial charge in [0.25, 0.3) is 0 Å². The normalized spacial score (nSPS) is 10.5. The topological polar surface area (TPSA) is 42.2 Å². The van der Waals surface area contributed by atoms with Crippen LogP contribution in [0.4, 0.5) is 0 Å². The van der Waals surface area contributed by atoms with Crippen LogP contribution >= 0.6 is 0 Å². The Morgan fingerprint density at radius 2 is 1.65 bits per heavy atom. The number of hydrogen-bond donors (Lipinski definition) is 1. The summed E-state index contributed by atoms with van der Waals surface area (Å²) < 4.78 is 1.97. The lowest BCUT2D eigenvalue weighted by Crippen LogP contribution is -2.08. The molecule has 1 aromatic carbocycles. The van der Waals surface area contributed by atoms with Crippen molar-refractivity contribution in [3.63, 3.8) is 0 Å². The fourth-order valence-corrected chi connectivity index (χ4v) is 2.06. The van der Waals surface area contributed by atoms with Crippen molar-refractivity contribution in [2.75, 3.05) is 0 Å². The number of aromatic carboxylic acids is 1. The lowest BCUT2D eigenvalue weighted by molar-refractivity contribution is 0.0697. The van der Waals surface area contributed by atoms with Crippen molar-refractivity contribution < 1.29 is 9.90 Å². The van der Waals surface area contributed by atoms with Crippen molar-refractivity contribution in [3.8, 4) is 5.69 Å². The van der Waals surface area contributed by atoms with Crippen LogP contribution in [0.3, 0.4) is 0 Å². The Morgan fingerprint density at radius 1 is 1.06 bits per heavy atom. The van der Waals surface area contributed by atoms with Crippen molar-refractivity contribution >= 4 is 5.97 Å². The standard InChI is InChI=1S/C14H15NO2/c1-9-4-7-12(14(16)17)13(8-9)15-10(2)5-6-11(15)3/h4-8H,1-3H3,(H,16,17). The Morgan fingerprint density at radius 3 is 2.18 bits per heavy atom. The summed E-state index contributed by atoms with van der Waals surface area (Å²) in [7, 11) is 0. The highest BCUT2D eigenvalue weighted by Gasteiger charge is 2.14. The van der Waals surface area contributed by atoms with E-state index in [2.05, 4.69) is 0 Å². The van der Waals surface area contributed by atoms with E-state index in [-0.39, 0.29) is 0 Å². The SMILES string of the molecule is Cc1ccc(C(=O)O)c(-n2c(C)ccc2C)c1. The van der Waals surface area contributed by atoms with E-state index in [0.29, 0.717) is 5.56 Å². The second-order valence-electron chi connectivity index (χ2n) is 4.28. The van der Waals surface area contributed by atoms with Gasteiger partial charge in [0.15, 0.2) is 0 Å². The molecule has 0 spiro atoms. The summed E-state index contributed by atoms with van der Waals surface area (Å²) in [5.41, 5.74) is 4.19. The maximum Gasteiger partial charge on any atom is 0.337 e. The Bertz CT molecular complexity index is 562. The zero-order valence-electron chi connectivity index (χ0n) is 10.2. The van der Waals surface area contributed by atoms with E-state index in [0.717, 1.165) is 22.6 Å². The minimum absolute atomic E-state index is 0.331. The molecular weight excluding hydrogens is 214 g/mol. The molecule has 0 aliphatic rings. The Hall–Kier alpha value is -2.03. The summed E-state index contributed by atoms with van der Waals surface area (Å²) in [4.78, 5) is 11.2. The second-order valence-corrected chi connectivity index (χ2v) is 4.28. The Balaban J connectivity index is 2.74. The molecular formula is C14H15NO2. The highest BCUT2D eigenvalue weighted by atomic mass is 16.4. The van der Waals surface area contributed by atoms with Crippen LogP contribution in [-0.4, -0.2) is 15.6 Å². The van der Waals surface area contributed by atoms with Gasteiger partial charge in [0.05, 0.1) is 11.3 Å². The van der Waals surface area contributed by atoms with Gasteiger partial charge in [-0.25, -0.2) is 4.79 Å². The molecule has 0 amide bonds. The van der Waals surface area contributed by atoms with Crippen LogP contribution in [0.15, 0.2) is 30.3 Å². The largest absolute Gasteiger partial charge is 0.478 e. The van der Waals surface area contributed by atoms with E-state index in [4.69, 9.17) is 0 Å². The molecule has 0 aliphatic heterocycles.